The van der Waals surface area contributed by atoms with Crippen molar-refractivity contribution in [3.05, 3.63) is 66.0 Å². The highest BCUT2D eigenvalue weighted by Gasteiger charge is 2.18. The number of sulfonamides is 1. The van der Waals surface area contributed by atoms with Gasteiger partial charge in [0.1, 0.15) is 11.6 Å². The summed E-state index contributed by atoms with van der Waals surface area (Å²) in [5, 5.41) is 5.12. The fourth-order valence-corrected chi connectivity index (χ4v) is 2.85. The van der Waals surface area contributed by atoms with Gasteiger partial charge in [0.05, 0.1) is 12.4 Å². The molecule has 0 saturated heterocycles. The summed E-state index contributed by atoms with van der Waals surface area (Å²) in [6, 6.07) is 14.8. The van der Waals surface area contributed by atoms with Crippen molar-refractivity contribution in [1.82, 2.24) is 0 Å². The molecule has 2 aromatic rings. The lowest BCUT2D eigenvalue weighted by molar-refractivity contribution is 0.295. The number of ether oxygens (including phenoxy) is 1. The summed E-state index contributed by atoms with van der Waals surface area (Å²) in [4.78, 5) is 0. The van der Waals surface area contributed by atoms with E-state index in [0.29, 0.717) is 5.75 Å². The van der Waals surface area contributed by atoms with Crippen LogP contribution < -0.4 is 9.88 Å². The standard InChI is InChI=1S/C15H16FNO3S/c16-14-7-4-8-15(9-14)20-10-13(11-21(17,18)19)12-5-2-1-3-6-12/h1-9,13H,10-11H2,(H2,17,18,19). The van der Waals surface area contributed by atoms with Crippen molar-refractivity contribution in [3.8, 4) is 5.75 Å². The van der Waals surface area contributed by atoms with Crippen LogP contribution in [0.25, 0.3) is 0 Å². The van der Waals surface area contributed by atoms with E-state index in [2.05, 4.69) is 0 Å². The van der Waals surface area contributed by atoms with Crippen LogP contribution in [0.3, 0.4) is 0 Å². The Hall–Kier alpha value is -1.92. The maximum atomic E-state index is 13.1. The molecule has 0 saturated carbocycles. The van der Waals surface area contributed by atoms with Crippen molar-refractivity contribution >= 4 is 10.0 Å². The average Bonchev–Trinajstić information content (AvgIpc) is 2.43. The molecule has 2 aromatic carbocycles. The van der Waals surface area contributed by atoms with Crippen molar-refractivity contribution in [3.63, 3.8) is 0 Å². The first kappa shape index (κ1) is 15.5. The van der Waals surface area contributed by atoms with Gasteiger partial charge in [0.25, 0.3) is 0 Å². The molecule has 0 aromatic heterocycles. The van der Waals surface area contributed by atoms with Crippen molar-refractivity contribution in [1.29, 1.82) is 0 Å². The molecule has 21 heavy (non-hydrogen) atoms. The van der Waals surface area contributed by atoms with Crippen LogP contribution in [0.4, 0.5) is 4.39 Å². The number of hydrogen-bond donors (Lipinski definition) is 1. The molecule has 0 aliphatic carbocycles. The molecule has 2 rings (SSSR count). The quantitative estimate of drug-likeness (QED) is 0.890. The van der Waals surface area contributed by atoms with Gasteiger partial charge in [0, 0.05) is 12.0 Å². The van der Waals surface area contributed by atoms with Crippen LogP contribution in [-0.2, 0) is 10.0 Å². The lowest BCUT2D eigenvalue weighted by atomic mass is 10.0. The van der Waals surface area contributed by atoms with Crippen LogP contribution in [-0.4, -0.2) is 20.8 Å². The summed E-state index contributed by atoms with van der Waals surface area (Å²) in [6.45, 7) is 0.101. The Bertz CT molecular complexity index is 689. The summed E-state index contributed by atoms with van der Waals surface area (Å²) in [5.74, 6) is -0.697. The van der Waals surface area contributed by atoms with E-state index in [1.807, 2.05) is 30.3 Å². The van der Waals surface area contributed by atoms with Crippen LogP contribution in [0.1, 0.15) is 11.5 Å². The van der Waals surface area contributed by atoms with E-state index in [1.165, 1.54) is 18.2 Å². The van der Waals surface area contributed by atoms with Gasteiger partial charge in [-0.05, 0) is 17.7 Å². The first-order valence-corrected chi connectivity index (χ1v) is 8.09. The molecule has 0 fully saturated rings. The molecule has 4 nitrogen and oxygen atoms in total. The second kappa shape index (κ2) is 6.69. The van der Waals surface area contributed by atoms with E-state index in [9.17, 15) is 12.8 Å². The topological polar surface area (TPSA) is 69.4 Å². The highest BCUT2D eigenvalue weighted by Crippen LogP contribution is 2.20. The van der Waals surface area contributed by atoms with E-state index in [0.717, 1.165) is 5.56 Å². The summed E-state index contributed by atoms with van der Waals surface area (Å²) in [6.07, 6.45) is 0. The molecular weight excluding hydrogens is 293 g/mol. The smallest absolute Gasteiger partial charge is 0.209 e. The third-order valence-corrected chi connectivity index (χ3v) is 3.82. The lowest BCUT2D eigenvalue weighted by Crippen LogP contribution is -2.25. The number of nitrogens with two attached hydrogens (primary N) is 1. The fourth-order valence-electron chi connectivity index (χ4n) is 2.00. The van der Waals surface area contributed by atoms with Gasteiger partial charge in [-0.2, -0.15) is 0 Å². The van der Waals surface area contributed by atoms with Crippen LogP contribution in [0.5, 0.6) is 5.75 Å². The Morgan fingerprint density at radius 1 is 1.10 bits per heavy atom. The molecule has 0 heterocycles. The monoisotopic (exact) mass is 309 g/mol. The number of rotatable bonds is 6. The minimum Gasteiger partial charge on any atom is -0.493 e. The maximum Gasteiger partial charge on any atom is 0.209 e. The van der Waals surface area contributed by atoms with Gasteiger partial charge >= 0.3 is 0 Å². The van der Waals surface area contributed by atoms with Gasteiger partial charge in [0.2, 0.25) is 10.0 Å². The first-order valence-electron chi connectivity index (χ1n) is 6.38. The summed E-state index contributed by atoms with van der Waals surface area (Å²) in [7, 11) is -3.64. The van der Waals surface area contributed by atoms with Crippen molar-refractivity contribution in [2.75, 3.05) is 12.4 Å². The molecule has 0 amide bonds. The fraction of sp³-hybridized carbons (Fsp3) is 0.200. The molecular formula is C15H16FNO3S. The molecule has 2 N–H and O–H groups in total. The van der Waals surface area contributed by atoms with Crippen molar-refractivity contribution < 1.29 is 17.5 Å². The average molecular weight is 309 g/mol. The van der Waals surface area contributed by atoms with Gasteiger partial charge in [-0.25, -0.2) is 17.9 Å². The van der Waals surface area contributed by atoms with Gasteiger partial charge in [0.15, 0.2) is 0 Å². The normalized spacial score (nSPS) is 12.9. The number of hydrogen-bond acceptors (Lipinski definition) is 3. The Morgan fingerprint density at radius 2 is 1.81 bits per heavy atom. The third-order valence-electron chi connectivity index (χ3n) is 2.95. The zero-order valence-electron chi connectivity index (χ0n) is 11.3. The highest BCUT2D eigenvalue weighted by molar-refractivity contribution is 7.89. The third kappa shape index (κ3) is 5.17. The van der Waals surface area contributed by atoms with E-state index < -0.39 is 21.8 Å². The molecule has 1 atom stereocenters. The van der Waals surface area contributed by atoms with E-state index in [-0.39, 0.29) is 12.4 Å². The van der Waals surface area contributed by atoms with Crippen molar-refractivity contribution in [2.45, 2.75) is 5.92 Å². The van der Waals surface area contributed by atoms with E-state index >= 15 is 0 Å². The van der Waals surface area contributed by atoms with Gasteiger partial charge in [-0.1, -0.05) is 36.4 Å². The second-order valence-corrected chi connectivity index (χ2v) is 6.36. The van der Waals surface area contributed by atoms with Crippen LogP contribution in [0, 0.1) is 5.82 Å². The Morgan fingerprint density at radius 3 is 2.43 bits per heavy atom. The van der Waals surface area contributed by atoms with Gasteiger partial charge in [-0.15, -0.1) is 0 Å². The number of benzene rings is 2. The predicted molar refractivity (Wildman–Crippen MR) is 79.1 cm³/mol. The molecule has 0 spiro atoms. The highest BCUT2D eigenvalue weighted by atomic mass is 32.2. The maximum absolute atomic E-state index is 13.1. The van der Waals surface area contributed by atoms with E-state index in [1.54, 1.807) is 6.07 Å². The zero-order valence-corrected chi connectivity index (χ0v) is 12.1. The van der Waals surface area contributed by atoms with Gasteiger partial charge in [-0.3, -0.25) is 0 Å². The molecule has 0 aliphatic rings. The van der Waals surface area contributed by atoms with Crippen LogP contribution in [0.2, 0.25) is 0 Å². The summed E-state index contributed by atoms with van der Waals surface area (Å²) < 4.78 is 41.3. The van der Waals surface area contributed by atoms with E-state index in [4.69, 9.17) is 9.88 Å². The molecule has 0 radical (unpaired) electrons. The summed E-state index contributed by atoms with van der Waals surface area (Å²) >= 11 is 0. The Balaban J connectivity index is 2.13. The zero-order chi connectivity index (χ0) is 15.3. The minimum atomic E-state index is -3.64. The predicted octanol–water partition coefficient (Wildman–Crippen LogP) is 2.28. The Labute approximate surface area is 123 Å². The van der Waals surface area contributed by atoms with Crippen LogP contribution in [0.15, 0.2) is 54.6 Å². The molecule has 1 unspecified atom stereocenters. The largest absolute Gasteiger partial charge is 0.493 e. The molecule has 6 heteroatoms. The lowest BCUT2D eigenvalue weighted by Gasteiger charge is -2.17. The second-order valence-electron chi connectivity index (χ2n) is 4.71. The van der Waals surface area contributed by atoms with Crippen molar-refractivity contribution in [2.24, 2.45) is 5.14 Å². The number of halogens is 1. The SMILES string of the molecule is NS(=O)(=O)CC(COc1cccc(F)c1)c1ccccc1. The van der Waals surface area contributed by atoms with Gasteiger partial charge < -0.3 is 4.74 Å². The molecule has 112 valence electrons. The van der Waals surface area contributed by atoms with Crippen LogP contribution >= 0.6 is 0 Å². The Kier molecular flexibility index (Phi) is 4.93. The molecule has 0 aliphatic heterocycles. The molecule has 0 bridgehead atoms. The number of primary sulfonamides is 1. The summed E-state index contributed by atoms with van der Waals surface area (Å²) in [5.41, 5.74) is 0.808. The first-order chi connectivity index (χ1) is 9.94. The minimum absolute atomic E-state index is 0.101.